The summed E-state index contributed by atoms with van der Waals surface area (Å²) in [6, 6.07) is 8.14. The van der Waals surface area contributed by atoms with Crippen LogP contribution in [0.15, 0.2) is 40.3 Å². The van der Waals surface area contributed by atoms with Crippen molar-refractivity contribution >= 4 is 58.0 Å². The Bertz CT molecular complexity index is 903. The lowest BCUT2D eigenvalue weighted by Gasteiger charge is -2.15. The molecular weight excluding hydrogens is 426 g/mol. The average Bonchev–Trinajstić information content (AvgIpc) is 3.43. The molecule has 0 atom stereocenters. The molecule has 0 aromatic carbocycles. The maximum absolute atomic E-state index is 12.7. The van der Waals surface area contributed by atoms with E-state index in [-0.39, 0.29) is 18.4 Å². The first-order valence-corrected chi connectivity index (χ1v) is 11.9. The van der Waals surface area contributed by atoms with Gasteiger partial charge in [-0.2, -0.15) is 0 Å². The Morgan fingerprint density at radius 3 is 2.79 bits per heavy atom. The second-order valence-electron chi connectivity index (χ2n) is 6.71. The Morgan fingerprint density at radius 2 is 2.03 bits per heavy atom. The van der Waals surface area contributed by atoms with Gasteiger partial charge >= 0.3 is 0 Å². The zero-order valence-corrected chi connectivity index (χ0v) is 18.7. The second kappa shape index (κ2) is 10.7. The van der Waals surface area contributed by atoms with Gasteiger partial charge in [-0.25, -0.2) is 4.99 Å². The molecule has 3 rings (SSSR count). The zero-order chi connectivity index (χ0) is 20.6. The highest BCUT2D eigenvalue weighted by atomic mass is 35.5. The molecule has 1 N–H and O–H groups in total. The number of nitrogens with zero attached hydrogens (tertiary/aromatic N) is 2. The SMILES string of the molecule is CC1=N/C(=C/c2ccc(-c3cccs3)s2)C(=O)N1CC(=O)NCCCCCCCl. The number of thiophene rings is 2. The molecule has 0 aliphatic carbocycles. The molecule has 0 unspecified atom stereocenters. The van der Waals surface area contributed by atoms with Crippen molar-refractivity contribution in [3.63, 3.8) is 0 Å². The number of amidine groups is 1. The van der Waals surface area contributed by atoms with Gasteiger partial charge in [-0.15, -0.1) is 34.3 Å². The molecule has 8 heteroatoms. The zero-order valence-electron chi connectivity index (χ0n) is 16.3. The van der Waals surface area contributed by atoms with Gasteiger partial charge in [0.15, 0.2) is 0 Å². The third-order valence-corrected chi connectivity index (χ3v) is 6.86. The monoisotopic (exact) mass is 449 g/mol. The molecule has 3 heterocycles. The fourth-order valence-corrected chi connectivity index (χ4v) is 4.93. The maximum atomic E-state index is 12.7. The Hall–Kier alpha value is -1.96. The van der Waals surface area contributed by atoms with Gasteiger partial charge in [0.1, 0.15) is 18.1 Å². The lowest BCUT2D eigenvalue weighted by Crippen LogP contribution is -2.40. The van der Waals surface area contributed by atoms with Gasteiger partial charge in [-0.05, 0) is 49.4 Å². The highest BCUT2D eigenvalue weighted by molar-refractivity contribution is 7.21. The predicted octanol–water partition coefficient (Wildman–Crippen LogP) is 4.99. The number of alkyl halides is 1. The van der Waals surface area contributed by atoms with Crippen LogP contribution in [0.1, 0.15) is 37.5 Å². The van der Waals surface area contributed by atoms with Crippen LogP contribution in [-0.4, -0.2) is 41.5 Å². The van der Waals surface area contributed by atoms with Gasteiger partial charge in [0, 0.05) is 27.1 Å². The van der Waals surface area contributed by atoms with Crippen LogP contribution in [0.4, 0.5) is 0 Å². The molecule has 0 saturated heterocycles. The normalized spacial score (nSPS) is 15.2. The van der Waals surface area contributed by atoms with Crippen LogP contribution in [-0.2, 0) is 9.59 Å². The molecule has 1 aliphatic rings. The molecule has 29 heavy (non-hydrogen) atoms. The van der Waals surface area contributed by atoms with Gasteiger partial charge in [-0.1, -0.05) is 18.9 Å². The van der Waals surface area contributed by atoms with Crippen molar-refractivity contribution in [3.8, 4) is 9.75 Å². The summed E-state index contributed by atoms with van der Waals surface area (Å²) in [7, 11) is 0. The van der Waals surface area contributed by atoms with Gasteiger partial charge in [-0.3, -0.25) is 14.5 Å². The minimum atomic E-state index is -0.231. The molecule has 0 saturated carbocycles. The Kier molecular flexibility index (Phi) is 8.03. The highest BCUT2D eigenvalue weighted by Gasteiger charge is 2.29. The largest absolute Gasteiger partial charge is 0.355 e. The Balaban J connectivity index is 1.53. The number of carbonyl (C=O) groups is 2. The van der Waals surface area contributed by atoms with Crippen molar-refractivity contribution in [1.29, 1.82) is 0 Å². The van der Waals surface area contributed by atoms with Crippen molar-refractivity contribution in [1.82, 2.24) is 10.2 Å². The standard InChI is InChI=1S/C21H24ClN3O2S2/c1-15-24-17(13-16-8-9-19(29-16)18-7-6-12-28-18)21(27)25(15)14-20(26)23-11-5-3-2-4-10-22/h6-9,12-13H,2-5,10-11,14H2,1H3,(H,23,26)/b17-13+. The van der Waals surface area contributed by atoms with E-state index >= 15 is 0 Å². The van der Waals surface area contributed by atoms with E-state index in [2.05, 4.69) is 22.4 Å². The van der Waals surface area contributed by atoms with Crippen LogP contribution < -0.4 is 5.32 Å². The van der Waals surface area contributed by atoms with Crippen molar-refractivity contribution in [3.05, 3.63) is 40.2 Å². The van der Waals surface area contributed by atoms with Crippen LogP contribution >= 0.6 is 34.3 Å². The van der Waals surface area contributed by atoms with Crippen LogP contribution in [0.25, 0.3) is 15.8 Å². The van der Waals surface area contributed by atoms with Crippen LogP contribution in [0.3, 0.4) is 0 Å². The minimum absolute atomic E-state index is 0.00191. The van der Waals surface area contributed by atoms with Gasteiger partial charge in [0.25, 0.3) is 5.91 Å². The van der Waals surface area contributed by atoms with Crippen LogP contribution in [0.5, 0.6) is 0 Å². The molecule has 2 amide bonds. The fraction of sp³-hybridized carbons (Fsp3) is 0.381. The number of unbranched alkanes of at least 4 members (excludes halogenated alkanes) is 3. The number of carbonyl (C=O) groups excluding carboxylic acids is 2. The minimum Gasteiger partial charge on any atom is -0.355 e. The highest BCUT2D eigenvalue weighted by Crippen LogP contribution is 2.33. The van der Waals surface area contributed by atoms with Crippen molar-refractivity contribution in [2.24, 2.45) is 4.99 Å². The Morgan fingerprint density at radius 1 is 1.21 bits per heavy atom. The van der Waals surface area contributed by atoms with Crippen molar-refractivity contribution in [2.75, 3.05) is 19.0 Å². The maximum Gasteiger partial charge on any atom is 0.278 e. The smallest absolute Gasteiger partial charge is 0.278 e. The summed E-state index contributed by atoms with van der Waals surface area (Å²) < 4.78 is 0. The predicted molar refractivity (Wildman–Crippen MR) is 123 cm³/mol. The number of aliphatic imine (C=N–C) groups is 1. The number of amides is 2. The average molecular weight is 450 g/mol. The topological polar surface area (TPSA) is 61.8 Å². The number of halogens is 1. The summed E-state index contributed by atoms with van der Waals surface area (Å²) in [6.45, 7) is 2.37. The molecular formula is C21H24ClN3O2S2. The van der Waals surface area contributed by atoms with Crippen LogP contribution in [0, 0.1) is 0 Å². The number of hydrogen-bond donors (Lipinski definition) is 1. The van der Waals surface area contributed by atoms with Gasteiger partial charge in [0.05, 0.1) is 0 Å². The lowest BCUT2D eigenvalue weighted by atomic mass is 10.2. The number of nitrogens with one attached hydrogen (secondary N) is 1. The lowest BCUT2D eigenvalue weighted by molar-refractivity contribution is -0.129. The molecule has 0 bridgehead atoms. The molecule has 1 aliphatic heterocycles. The van der Waals surface area contributed by atoms with Gasteiger partial charge < -0.3 is 5.32 Å². The summed E-state index contributed by atoms with van der Waals surface area (Å²) in [5.41, 5.74) is 0.371. The summed E-state index contributed by atoms with van der Waals surface area (Å²) in [4.78, 5) is 34.0. The molecule has 2 aromatic heterocycles. The Labute approximate surface area is 184 Å². The summed E-state index contributed by atoms with van der Waals surface area (Å²) >= 11 is 8.96. The summed E-state index contributed by atoms with van der Waals surface area (Å²) in [5.74, 6) is 0.834. The fourth-order valence-electron chi connectivity index (χ4n) is 2.96. The molecule has 0 radical (unpaired) electrons. The summed E-state index contributed by atoms with van der Waals surface area (Å²) in [6.07, 6.45) is 5.82. The number of rotatable bonds is 10. The van der Waals surface area contributed by atoms with Gasteiger partial charge in [0.2, 0.25) is 5.91 Å². The first kappa shape index (κ1) is 21.7. The van der Waals surface area contributed by atoms with Crippen molar-refractivity contribution in [2.45, 2.75) is 32.6 Å². The first-order valence-electron chi connectivity index (χ1n) is 9.63. The van der Waals surface area contributed by atoms with E-state index in [1.54, 1.807) is 35.7 Å². The number of hydrogen-bond acceptors (Lipinski definition) is 5. The molecule has 0 spiro atoms. The van der Waals surface area contributed by atoms with Crippen LogP contribution in [0.2, 0.25) is 0 Å². The van der Waals surface area contributed by atoms with E-state index in [4.69, 9.17) is 11.6 Å². The van der Waals surface area contributed by atoms with E-state index in [9.17, 15) is 9.59 Å². The quantitative estimate of drug-likeness (QED) is 0.315. The third-order valence-electron chi connectivity index (χ3n) is 4.49. The van der Waals surface area contributed by atoms with E-state index < -0.39 is 0 Å². The van der Waals surface area contributed by atoms with E-state index in [1.807, 2.05) is 17.5 Å². The third kappa shape index (κ3) is 6.01. The van der Waals surface area contributed by atoms with E-state index in [0.717, 1.165) is 30.6 Å². The van der Waals surface area contributed by atoms with Crippen molar-refractivity contribution < 1.29 is 9.59 Å². The van der Waals surface area contributed by atoms with E-state index in [1.165, 1.54) is 14.7 Å². The summed E-state index contributed by atoms with van der Waals surface area (Å²) in [5, 5.41) is 4.92. The molecule has 0 fully saturated rings. The first-order chi connectivity index (χ1) is 14.1. The second-order valence-corrected chi connectivity index (χ2v) is 9.15. The molecule has 2 aromatic rings. The molecule has 5 nitrogen and oxygen atoms in total. The molecule has 154 valence electrons. The van der Waals surface area contributed by atoms with E-state index in [0.29, 0.717) is 24.0 Å².